The van der Waals surface area contributed by atoms with Crippen LogP contribution >= 0.6 is 0 Å². The number of ether oxygens (including phenoxy) is 1. The molecule has 0 unspecified atom stereocenters. The maximum atomic E-state index is 13.4. The molecule has 0 spiro atoms. The van der Waals surface area contributed by atoms with E-state index in [9.17, 15) is 4.79 Å². The van der Waals surface area contributed by atoms with E-state index in [1.165, 1.54) is 0 Å². The van der Waals surface area contributed by atoms with E-state index in [1.807, 2.05) is 52.9 Å². The highest BCUT2D eigenvalue weighted by Crippen LogP contribution is 2.21. The summed E-state index contributed by atoms with van der Waals surface area (Å²) in [7, 11) is 3.76. The lowest BCUT2D eigenvalue weighted by Crippen LogP contribution is -2.44. The molecule has 8 heteroatoms. The monoisotopic (exact) mass is 404 g/mol. The summed E-state index contributed by atoms with van der Waals surface area (Å²) in [6, 6.07) is 15.1. The molecule has 3 heterocycles. The first-order valence-corrected chi connectivity index (χ1v) is 10.1. The van der Waals surface area contributed by atoms with Crippen LogP contribution in [0.5, 0.6) is 5.75 Å². The van der Waals surface area contributed by atoms with Gasteiger partial charge >= 0.3 is 0 Å². The molecular formula is C22H24N6O2. The van der Waals surface area contributed by atoms with Gasteiger partial charge in [-0.3, -0.25) is 14.1 Å². The lowest BCUT2D eigenvalue weighted by Gasteiger charge is -2.31. The number of para-hydroxylation sites is 1. The first-order chi connectivity index (χ1) is 14.7. The highest BCUT2D eigenvalue weighted by Gasteiger charge is 2.21. The van der Waals surface area contributed by atoms with Gasteiger partial charge in [-0.1, -0.05) is 18.2 Å². The maximum Gasteiger partial charge on any atom is 0.267 e. The van der Waals surface area contributed by atoms with E-state index >= 15 is 0 Å². The van der Waals surface area contributed by atoms with E-state index in [0.29, 0.717) is 29.1 Å². The zero-order valence-electron chi connectivity index (χ0n) is 17.2. The molecule has 154 valence electrons. The Morgan fingerprint density at radius 2 is 1.80 bits per heavy atom. The van der Waals surface area contributed by atoms with Gasteiger partial charge < -0.3 is 9.64 Å². The summed E-state index contributed by atoms with van der Waals surface area (Å²) in [6.07, 6.45) is 0. The van der Waals surface area contributed by atoms with Crippen LogP contribution in [0.4, 0.5) is 0 Å². The molecule has 0 radical (unpaired) electrons. The summed E-state index contributed by atoms with van der Waals surface area (Å²) < 4.78 is 8.99. The molecule has 0 bridgehead atoms. The van der Waals surface area contributed by atoms with Crippen LogP contribution < -0.4 is 10.3 Å². The standard InChI is InChI=1S/C22H24N6O2/c1-25-10-12-26(13-11-25)15-20-23-24-22-27(16-6-5-7-17(14-16)30-2)21(29)18-8-3-4-9-19(18)28(20)22/h3-9,14H,10-13,15H2,1-2H3. The number of nitrogens with zero attached hydrogens (tertiary/aromatic N) is 6. The molecule has 2 aromatic heterocycles. The lowest BCUT2D eigenvalue weighted by molar-refractivity contribution is 0.145. The molecule has 1 aliphatic heterocycles. The number of rotatable bonds is 4. The largest absolute Gasteiger partial charge is 0.497 e. The fourth-order valence-corrected chi connectivity index (χ4v) is 4.05. The van der Waals surface area contributed by atoms with Crippen LogP contribution in [0.3, 0.4) is 0 Å². The molecule has 0 amide bonds. The minimum Gasteiger partial charge on any atom is -0.497 e. The van der Waals surface area contributed by atoms with Gasteiger partial charge in [-0.2, -0.15) is 0 Å². The number of aromatic nitrogens is 4. The van der Waals surface area contributed by atoms with Gasteiger partial charge in [0.1, 0.15) is 5.75 Å². The summed E-state index contributed by atoms with van der Waals surface area (Å²) in [4.78, 5) is 18.1. The van der Waals surface area contributed by atoms with Crippen LogP contribution in [0.25, 0.3) is 22.4 Å². The lowest BCUT2D eigenvalue weighted by atomic mass is 10.2. The fraction of sp³-hybridized carbons (Fsp3) is 0.318. The number of methoxy groups -OCH3 is 1. The molecule has 4 aromatic rings. The van der Waals surface area contributed by atoms with Crippen molar-refractivity contribution >= 4 is 16.7 Å². The van der Waals surface area contributed by atoms with Crippen molar-refractivity contribution in [2.75, 3.05) is 40.3 Å². The molecule has 5 rings (SSSR count). The highest BCUT2D eigenvalue weighted by molar-refractivity contribution is 5.81. The molecule has 2 aromatic carbocycles. The summed E-state index contributed by atoms with van der Waals surface area (Å²) in [5, 5.41) is 9.57. The van der Waals surface area contributed by atoms with Crippen molar-refractivity contribution in [1.29, 1.82) is 0 Å². The average molecular weight is 404 g/mol. The van der Waals surface area contributed by atoms with Crippen LogP contribution in [-0.4, -0.2) is 69.3 Å². The minimum absolute atomic E-state index is 0.120. The second kappa shape index (κ2) is 7.55. The predicted octanol–water partition coefficient (Wildman–Crippen LogP) is 1.79. The zero-order chi connectivity index (χ0) is 20.7. The number of fused-ring (bicyclic) bond motifs is 3. The Labute approximate surface area is 173 Å². The second-order valence-corrected chi connectivity index (χ2v) is 7.69. The van der Waals surface area contributed by atoms with E-state index in [-0.39, 0.29) is 5.56 Å². The summed E-state index contributed by atoms with van der Waals surface area (Å²) >= 11 is 0. The highest BCUT2D eigenvalue weighted by atomic mass is 16.5. The Balaban J connectivity index is 1.72. The summed E-state index contributed by atoms with van der Waals surface area (Å²) in [5.74, 6) is 2.03. The number of likely N-dealkylation sites (N-methyl/N-ethyl adjacent to an activating group) is 1. The van der Waals surface area contributed by atoms with Gasteiger partial charge in [0.15, 0.2) is 5.82 Å². The third-order valence-corrected chi connectivity index (χ3v) is 5.76. The quantitative estimate of drug-likeness (QED) is 0.517. The van der Waals surface area contributed by atoms with Crippen LogP contribution in [0.1, 0.15) is 5.82 Å². The first kappa shape index (κ1) is 18.8. The predicted molar refractivity (Wildman–Crippen MR) is 115 cm³/mol. The number of benzene rings is 2. The van der Waals surface area contributed by atoms with Crippen molar-refractivity contribution in [3.63, 3.8) is 0 Å². The molecule has 1 saturated heterocycles. The van der Waals surface area contributed by atoms with Crippen molar-refractivity contribution < 1.29 is 4.74 Å². The number of piperazine rings is 1. The Bertz CT molecular complexity index is 1270. The van der Waals surface area contributed by atoms with Crippen molar-refractivity contribution in [1.82, 2.24) is 29.0 Å². The zero-order valence-corrected chi connectivity index (χ0v) is 17.2. The molecular weight excluding hydrogens is 380 g/mol. The van der Waals surface area contributed by atoms with Crippen molar-refractivity contribution in [2.24, 2.45) is 0 Å². The van der Waals surface area contributed by atoms with Gasteiger partial charge in [-0.05, 0) is 31.3 Å². The SMILES string of the molecule is COc1cccc(-n2c(=O)c3ccccc3n3c(CN4CCN(C)CC4)nnc23)c1. The van der Waals surface area contributed by atoms with E-state index in [0.717, 1.165) is 37.5 Å². The third kappa shape index (κ3) is 3.14. The van der Waals surface area contributed by atoms with Crippen LogP contribution in [0.2, 0.25) is 0 Å². The minimum atomic E-state index is -0.120. The molecule has 0 aliphatic carbocycles. The summed E-state index contributed by atoms with van der Waals surface area (Å²) in [6.45, 7) is 4.73. The fourth-order valence-electron chi connectivity index (χ4n) is 4.05. The molecule has 0 atom stereocenters. The van der Waals surface area contributed by atoms with E-state index in [2.05, 4.69) is 27.0 Å². The molecule has 0 N–H and O–H groups in total. The molecule has 1 fully saturated rings. The van der Waals surface area contributed by atoms with Crippen molar-refractivity contribution in [2.45, 2.75) is 6.54 Å². The van der Waals surface area contributed by atoms with Crippen molar-refractivity contribution in [3.05, 3.63) is 64.7 Å². The van der Waals surface area contributed by atoms with Gasteiger partial charge in [0.05, 0.1) is 30.2 Å². The van der Waals surface area contributed by atoms with Crippen LogP contribution in [-0.2, 0) is 6.54 Å². The average Bonchev–Trinajstić information content (AvgIpc) is 3.19. The molecule has 8 nitrogen and oxygen atoms in total. The van der Waals surface area contributed by atoms with E-state index in [1.54, 1.807) is 11.7 Å². The van der Waals surface area contributed by atoms with Gasteiger partial charge in [-0.15, -0.1) is 10.2 Å². The number of hydrogen-bond acceptors (Lipinski definition) is 6. The van der Waals surface area contributed by atoms with Crippen LogP contribution in [0.15, 0.2) is 53.3 Å². The van der Waals surface area contributed by atoms with Gasteiger partial charge in [0, 0.05) is 32.2 Å². The van der Waals surface area contributed by atoms with Gasteiger partial charge in [-0.25, -0.2) is 4.57 Å². The van der Waals surface area contributed by atoms with Crippen LogP contribution in [0, 0.1) is 0 Å². The topological polar surface area (TPSA) is 67.9 Å². The summed E-state index contributed by atoms with van der Waals surface area (Å²) in [5.41, 5.74) is 1.41. The normalized spacial score (nSPS) is 15.8. The maximum absolute atomic E-state index is 13.4. The van der Waals surface area contributed by atoms with Gasteiger partial charge in [0.2, 0.25) is 5.78 Å². The molecule has 1 aliphatic rings. The molecule has 30 heavy (non-hydrogen) atoms. The Hall–Kier alpha value is -3.23. The van der Waals surface area contributed by atoms with E-state index in [4.69, 9.17) is 4.74 Å². The Morgan fingerprint density at radius 3 is 2.60 bits per heavy atom. The Kier molecular flexibility index (Phi) is 4.72. The second-order valence-electron chi connectivity index (χ2n) is 7.69. The first-order valence-electron chi connectivity index (χ1n) is 10.1. The third-order valence-electron chi connectivity index (χ3n) is 5.76. The smallest absolute Gasteiger partial charge is 0.267 e. The van der Waals surface area contributed by atoms with Gasteiger partial charge in [0.25, 0.3) is 5.56 Å². The van der Waals surface area contributed by atoms with E-state index < -0.39 is 0 Å². The Morgan fingerprint density at radius 1 is 1.00 bits per heavy atom. The molecule has 0 saturated carbocycles. The van der Waals surface area contributed by atoms with Crippen molar-refractivity contribution in [3.8, 4) is 11.4 Å². The number of hydrogen-bond donors (Lipinski definition) is 0.